The van der Waals surface area contributed by atoms with Crippen molar-refractivity contribution in [1.82, 2.24) is 4.72 Å². The Kier molecular flexibility index (Phi) is 6.44. The van der Waals surface area contributed by atoms with E-state index < -0.39 is 16.2 Å². The Bertz CT molecular complexity index is 572. The molecule has 0 fully saturated rings. The number of anilines is 1. The van der Waals surface area contributed by atoms with Gasteiger partial charge in [-0.15, -0.1) is 0 Å². The second kappa shape index (κ2) is 7.84. The molecule has 118 valence electrons. The van der Waals surface area contributed by atoms with E-state index in [-0.39, 0.29) is 19.3 Å². The Labute approximate surface area is 124 Å². The fourth-order valence-electron chi connectivity index (χ4n) is 1.49. The molecule has 0 radical (unpaired) electrons. The van der Waals surface area contributed by atoms with Crippen molar-refractivity contribution < 1.29 is 22.7 Å². The first-order chi connectivity index (χ1) is 9.82. The predicted octanol–water partition coefficient (Wildman–Crippen LogP) is 1.28. The maximum Gasteiger partial charge on any atom is 0.344 e. The van der Waals surface area contributed by atoms with Crippen LogP contribution in [0.5, 0.6) is 5.75 Å². The van der Waals surface area contributed by atoms with Crippen molar-refractivity contribution in [2.75, 3.05) is 17.9 Å². The van der Waals surface area contributed by atoms with Gasteiger partial charge in [0.15, 0.2) is 6.61 Å². The molecule has 0 aliphatic carbocycles. The zero-order valence-corrected chi connectivity index (χ0v) is 13.1. The van der Waals surface area contributed by atoms with E-state index in [1.165, 1.54) is 6.07 Å². The van der Waals surface area contributed by atoms with Crippen molar-refractivity contribution >= 4 is 21.9 Å². The Hall–Kier alpha value is -1.80. The molecular formula is C13H20N2O5S. The van der Waals surface area contributed by atoms with Crippen LogP contribution in [0.4, 0.5) is 5.69 Å². The van der Waals surface area contributed by atoms with E-state index in [4.69, 9.17) is 9.47 Å². The number of esters is 1. The number of ether oxygens (including phenoxy) is 2. The molecule has 8 heteroatoms. The lowest BCUT2D eigenvalue weighted by molar-refractivity contribution is -0.145. The normalized spacial score (nSPS) is 11.2. The lowest BCUT2D eigenvalue weighted by atomic mass is 10.3. The van der Waals surface area contributed by atoms with Crippen molar-refractivity contribution in [3.63, 3.8) is 0 Å². The number of nitrogens with one attached hydrogen (secondary N) is 2. The fourth-order valence-corrected chi connectivity index (χ4v) is 2.61. The second-order valence-corrected chi connectivity index (χ2v) is 5.95. The standard InChI is InChI=1S/C13H20N2O5S/c1-4-19-13(16)9-20-12-7-5-6-11(8-12)15-21(17,18)14-10(2)3/h5-8,10,14-15H,4,9H2,1-3H3. The first kappa shape index (κ1) is 17.3. The third-order valence-electron chi connectivity index (χ3n) is 2.14. The Balaban J connectivity index is 2.66. The first-order valence-electron chi connectivity index (χ1n) is 6.51. The van der Waals surface area contributed by atoms with E-state index in [1.54, 1.807) is 39.0 Å². The van der Waals surface area contributed by atoms with Gasteiger partial charge in [-0.2, -0.15) is 13.1 Å². The zero-order chi connectivity index (χ0) is 15.9. The molecule has 0 unspecified atom stereocenters. The minimum atomic E-state index is -3.64. The summed E-state index contributed by atoms with van der Waals surface area (Å²) in [5.41, 5.74) is 0.338. The van der Waals surface area contributed by atoms with Crippen LogP contribution in [-0.4, -0.2) is 33.6 Å². The van der Waals surface area contributed by atoms with Crippen molar-refractivity contribution in [2.24, 2.45) is 0 Å². The number of benzene rings is 1. The highest BCUT2D eigenvalue weighted by molar-refractivity contribution is 7.90. The van der Waals surface area contributed by atoms with Gasteiger partial charge < -0.3 is 9.47 Å². The molecule has 1 rings (SSSR count). The molecule has 0 aliphatic heterocycles. The fraction of sp³-hybridized carbons (Fsp3) is 0.462. The van der Waals surface area contributed by atoms with E-state index in [9.17, 15) is 13.2 Å². The van der Waals surface area contributed by atoms with Gasteiger partial charge in [-0.25, -0.2) is 4.79 Å². The number of rotatable bonds is 8. The van der Waals surface area contributed by atoms with Crippen LogP contribution in [-0.2, 0) is 19.7 Å². The number of carbonyl (C=O) groups is 1. The molecule has 2 N–H and O–H groups in total. The maximum atomic E-state index is 11.7. The first-order valence-corrected chi connectivity index (χ1v) is 7.99. The van der Waals surface area contributed by atoms with Crippen LogP contribution >= 0.6 is 0 Å². The summed E-state index contributed by atoms with van der Waals surface area (Å²) in [5.74, 6) is -0.113. The average Bonchev–Trinajstić information content (AvgIpc) is 2.35. The quantitative estimate of drug-likeness (QED) is 0.705. The molecule has 0 atom stereocenters. The van der Waals surface area contributed by atoms with Crippen LogP contribution in [0, 0.1) is 0 Å². The largest absolute Gasteiger partial charge is 0.482 e. The van der Waals surface area contributed by atoms with Crippen LogP contribution < -0.4 is 14.2 Å². The van der Waals surface area contributed by atoms with Crippen molar-refractivity contribution in [1.29, 1.82) is 0 Å². The molecule has 21 heavy (non-hydrogen) atoms. The monoisotopic (exact) mass is 316 g/mol. The number of carbonyl (C=O) groups excluding carboxylic acids is 1. The summed E-state index contributed by atoms with van der Waals surface area (Å²) in [6.45, 7) is 5.20. The molecular weight excluding hydrogens is 296 g/mol. The Morgan fingerprint density at radius 3 is 2.67 bits per heavy atom. The summed E-state index contributed by atoms with van der Waals surface area (Å²) < 4.78 is 38.2. The van der Waals surface area contributed by atoms with E-state index >= 15 is 0 Å². The summed E-state index contributed by atoms with van der Waals surface area (Å²) in [5, 5.41) is 0. The van der Waals surface area contributed by atoms with Gasteiger partial charge in [-0.05, 0) is 32.9 Å². The van der Waals surface area contributed by atoms with Gasteiger partial charge in [-0.3, -0.25) is 4.72 Å². The highest BCUT2D eigenvalue weighted by Gasteiger charge is 2.12. The van der Waals surface area contributed by atoms with Gasteiger partial charge >= 0.3 is 5.97 Å². The summed E-state index contributed by atoms with van der Waals surface area (Å²) in [4.78, 5) is 11.2. The SMILES string of the molecule is CCOC(=O)COc1cccc(NS(=O)(=O)NC(C)C)c1. The van der Waals surface area contributed by atoms with Crippen molar-refractivity contribution in [3.05, 3.63) is 24.3 Å². The van der Waals surface area contributed by atoms with Crippen LogP contribution in [0.1, 0.15) is 20.8 Å². The van der Waals surface area contributed by atoms with Crippen LogP contribution in [0.3, 0.4) is 0 Å². The zero-order valence-electron chi connectivity index (χ0n) is 12.3. The van der Waals surface area contributed by atoms with Crippen molar-refractivity contribution in [2.45, 2.75) is 26.8 Å². The molecule has 0 bridgehead atoms. The minimum Gasteiger partial charge on any atom is -0.482 e. The molecule has 0 aromatic heterocycles. The molecule has 0 aliphatic rings. The predicted molar refractivity (Wildman–Crippen MR) is 79.4 cm³/mol. The number of hydrogen-bond donors (Lipinski definition) is 2. The maximum absolute atomic E-state index is 11.7. The molecule has 7 nitrogen and oxygen atoms in total. The van der Waals surface area contributed by atoms with Crippen LogP contribution in [0.15, 0.2) is 24.3 Å². The van der Waals surface area contributed by atoms with E-state index in [0.29, 0.717) is 11.4 Å². The van der Waals surface area contributed by atoms with E-state index in [1.807, 2.05) is 0 Å². The summed E-state index contributed by atoms with van der Waals surface area (Å²) in [7, 11) is -3.64. The smallest absolute Gasteiger partial charge is 0.344 e. The summed E-state index contributed by atoms with van der Waals surface area (Å²) in [6.07, 6.45) is 0. The summed E-state index contributed by atoms with van der Waals surface area (Å²) in [6, 6.07) is 6.08. The molecule has 1 aromatic carbocycles. The van der Waals surface area contributed by atoms with Gasteiger partial charge in [0.05, 0.1) is 12.3 Å². The third-order valence-corrected chi connectivity index (χ3v) is 3.43. The lowest BCUT2D eigenvalue weighted by Gasteiger charge is -2.12. The van der Waals surface area contributed by atoms with Gasteiger partial charge in [0, 0.05) is 12.1 Å². The Morgan fingerprint density at radius 2 is 2.05 bits per heavy atom. The van der Waals surface area contributed by atoms with Crippen LogP contribution in [0.25, 0.3) is 0 Å². The molecule has 0 spiro atoms. The minimum absolute atomic E-state index is 0.217. The number of hydrogen-bond acceptors (Lipinski definition) is 5. The molecule has 0 saturated heterocycles. The lowest BCUT2D eigenvalue weighted by Crippen LogP contribution is -2.35. The van der Waals surface area contributed by atoms with E-state index in [2.05, 4.69) is 9.44 Å². The Morgan fingerprint density at radius 1 is 1.33 bits per heavy atom. The average molecular weight is 316 g/mol. The highest BCUT2D eigenvalue weighted by atomic mass is 32.2. The molecule has 1 aromatic rings. The van der Waals surface area contributed by atoms with Gasteiger partial charge in [0.25, 0.3) is 10.2 Å². The van der Waals surface area contributed by atoms with Gasteiger partial charge in [0.1, 0.15) is 5.75 Å². The topological polar surface area (TPSA) is 93.7 Å². The van der Waals surface area contributed by atoms with Crippen LogP contribution in [0.2, 0.25) is 0 Å². The molecule has 0 heterocycles. The second-order valence-electron chi connectivity index (χ2n) is 4.50. The third kappa shape index (κ3) is 6.96. The highest BCUT2D eigenvalue weighted by Crippen LogP contribution is 2.18. The van der Waals surface area contributed by atoms with Gasteiger partial charge in [-0.1, -0.05) is 6.07 Å². The summed E-state index contributed by atoms with van der Waals surface area (Å²) >= 11 is 0. The van der Waals surface area contributed by atoms with Gasteiger partial charge in [0.2, 0.25) is 0 Å². The molecule has 0 saturated carbocycles. The van der Waals surface area contributed by atoms with E-state index in [0.717, 1.165) is 0 Å². The molecule has 0 amide bonds. The van der Waals surface area contributed by atoms with Crippen molar-refractivity contribution in [3.8, 4) is 5.75 Å².